The van der Waals surface area contributed by atoms with E-state index in [0.29, 0.717) is 6.04 Å². The van der Waals surface area contributed by atoms with Gasteiger partial charge in [0.15, 0.2) is 0 Å². The van der Waals surface area contributed by atoms with E-state index < -0.39 is 0 Å². The lowest BCUT2D eigenvalue weighted by molar-refractivity contribution is 0.298. The lowest BCUT2D eigenvalue weighted by atomic mass is 9.82. The fourth-order valence-electron chi connectivity index (χ4n) is 2.20. The Balaban J connectivity index is 1.84. The summed E-state index contributed by atoms with van der Waals surface area (Å²) in [6.45, 7) is 3.72. The van der Waals surface area contributed by atoms with Gasteiger partial charge in [-0.3, -0.25) is 0 Å². The molecule has 1 aliphatic heterocycles. The van der Waals surface area contributed by atoms with Crippen molar-refractivity contribution in [1.29, 1.82) is 0 Å². The number of benzene rings is 1. The van der Waals surface area contributed by atoms with Crippen LogP contribution in [-0.4, -0.2) is 36.0 Å². The molecular weight excluding hydrogens is 234 g/mol. The zero-order valence-electron chi connectivity index (χ0n) is 10.1. The average Bonchev–Trinajstić information content (AvgIpc) is 2.33. The Kier molecular flexibility index (Phi) is 4.32. The molecule has 2 rings (SSSR count). The van der Waals surface area contributed by atoms with Gasteiger partial charge in [-0.2, -0.15) is 0 Å². The summed E-state index contributed by atoms with van der Waals surface area (Å²) in [5, 5.41) is 13.7. The zero-order chi connectivity index (χ0) is 12.3. The van der Waals surface area contributed by atoms with Crippen LogP contribution in [0.2, 0.25) is 11.8 Å². The molecule has 1 saturated heterocycles. The van der Waals surface area contributed by atoms with E-state index in [1.54, 1.807) is 0 Å². The molecule has 3 nitrogen and oxygen atoms in total. The lowest BCUT2D eigenvalue weighted by Crippen LogP contribution is -2.45. The van der Waals surface area contributed by atoms with Crippen molar-refractivity contribution in [3.63, 3.8) is 0 Å². The van der Waals surface area contributed by atoms with Gasteiger partial charge in [0.05, 0.1) is 0 Å². The predicted octanol–water partition coefficient (Wildman–Crippen LogP) is 2.33. The van der Waals surface area contributed by atoms with Gasteiger partial charge in [0.25, 0.3) is 0 Å². The minimum absolute atomic E-state index is 0.327. The summed E-state index contributed by atoms with van der Waals surface area (Å²) in [6.07, 6.45) is 2.13. The summed E-state index contributed by atoms with van der Waals surface area (Å²) in [6, 6.07) is 8.29. The Hall–Kier alpha value is -0.705. The minimum Gasteiger partial charge on any atom is -0.437 e. The van der Waals surface area contributed by atoms with Crippen LogP contribution in [0.1, 0.15) is 12.8 Å². The SMILES string of the molecule is CB(O)N1CCC(Nc2ccc(Cl)cc2)CC1. The van der Waals surface area contributed by atoms with Gasteiger partial charge in [-0.15, -0.1) is 0 Å². The van der Waals surface area contributed by atoms with Crippen LogP contribution in [0.4, 0.5) is 5.69 Å². The molecule has 0 aromatic heterocycles. The molecule has 0 aliphatic carbocycles. The molecule has 92 valence electrons. The molecule has 2 N–H and O–H groups in total. The van der Waals surface area contributed by atoms with Gasteiger partial charge in [0.2, 0.25) is 0 Å². The average molecular weight is 253 g/mol. The Labute approximate surface area is 108 Å². The Morgan fingerprint density at radius 1 is 1.29 bits per heavy atom. The van der Waals surface area contributed by atoms with Crippen LogP contribution >= 0.6 is 11.6 Å². The quantitative estimate of drug-likeness (QED) is 0.811. The third-order valence-corrected chi connectivity index (χ3v) is 3.52. The fourth-order valence-corrected chi connectivity index (χ4v) is 2.33. The van der Waals surface area contributed by atoms with Crippen LogP contribution in [0, 0.1) is 0 Å². The first kappa shape index (κ1) is 12.7. The standard InChI is InChI=1S/C12H18BClN2O/c1-13(17)16-8-6-12(7-9-16)15-11-4-2-10(14)3-5-11/h2-5,12,15,17H,6-9H2,1H3. The third-order valence-electron chi connectivity index (χ3n) is 3.27. The van der Waals surface area contributed by atoms with Gasteiger partial charge in [0, 0.05) is 16.8 Å². The summed E-state index contributed by atoms with van der Waals surface area (Å²) in [7, 11) is -0.327. The molecule has 0 amide bonds. The largest absolute Gasteiger partial charge is 0.437 e. The van der Waals surface area contributed by atoms with Gasteiger partial charge in [-0.05, 0) is 57.0 Å². The van der Waals surface area contributed by atoms with E-state index in [4.69, 9.17) is 11.6 Å². The maximum Gasteiger partial charge on any atom is 0.376 e. The van der Waals surface area contributed by atoms with E-state index in [0.717, 1.165) is 36.6 Å². The summed E-state index contributed by atoms with van der Waals surface area (Å²) < 4.78 is 0. The lowest BCUT2D eigenvalue weighted by Gasteiger charge is -2.33. The summed E-state index contributed by atoms with van der Waals surface area (Å²) >= 11 is 5.85. The summed E-state index contributed by atoms with van der Waals surface area (Å²) in [5.74, 6) is 0. The number of nitrogens with zero attached hydrogens (tertiary/aromatic N) is 1. The van der Waals surface area contributed by atoms with Crippen molar-refractivity contribution >= 4 is 24.3 Å². The van der Waals surface area contributed by atoms with Crippen molar-refractivity contribution < 1.29 is 5.02 Å². The smallest absolute Gasteiger partial charge is 0.376 e. The number of piperidine rings is 1. The van der Waals surface area contributed by atoms with Crippen molar-refractivity contribution in [3.8, 4) is 0 Å². The topological polar surface area (TPSA) is 35.5 Å². The van der Waals surface area contributed by atoms with E-state index in [1.165, 1.54) is 0 Å². The van der Waals surface area contributed by atoms with Gasteiger partial charge in [-0.25, -0.2) is 0 Å². The second-order valence-electron chi connectivity index (χ2n) is 4.59. The number of anilines is 1. The molecule has 0 spiro atoms. The predicted molar refractivity (Wildman–Crippen MR) is 73.5 cm³/mol. The highest BCUT2D eigenvalue weighted by Gasteiger charge is 2.23. The van der Waals surface area contributed by atoms with Crippen molar-refractivity contribution in [2.45, 2.75) is 25.7 Å². The number of hydrogen-bond acceptors (Lipinski definition) is 3. The van der Waals surface area contributed by atoms with E-state index in [2.05, 4.69) is 10.1 Å². The molecule has 1 heterocycles. The summed E-state index contributed by atoms with van der Waals surface area (Å²) in [4.78, 5) is 2.10. The van der Waals surface area contributed by atoms with Crippen molar-refractivity contribution in [3.05, 3.63) is 29.3 Å². The summed E-state index contributed by atoms with van der Waals surface area (Å²) in [5.41, 5.74) is 1.12. The molecule has 0 radical (unpaired) electrons. The van der Waals surface area contributed by atoms with E-state index >= 15 is 0 Å². The number of hydrogen-bond donors (Lipinski definition) is 2. The Bertz CT molecular complexity index is 350. The molecule has 0 bridgehead atoms. The molecule has 17 heavy (non-hydrogen) atoms. The highest BCUT2D eigenvalue weighted by atomic mass is 35.5. The van der Waals surface area contributed by atoms with Gasteiger partial charge in [0.1, 0.15) is 0 Å². The van der Waals surface area contributed by atoms with Crippen molar-refractivity contribution in [2.75, 3.05) is 18.4 Å². The first-order valence-corrected chi connectivity index (χ1v) is 6.47. The van der Waals surface area contributed by atoms with Crippen LogP contribution in [0.5, 0.6) is 0 Å². The molecule has 0 saturated carbocycles. The molecule has 0 unspecified atom stereocenters. The molecule has 1 aromatic carbocycles. The number of halogens is 1. The second kappa shape index (κ2) is 5.76. The Morgan fingerprint density at radius 2 is 1.88 bits per heavy atom. The number of nitrogens with one attached hydrogen (secondary N) is 1. The van der Waals surface area contributed by atoms with E-state index in [1.807, 2.05) is 31.1 Å². The van der Waals surface area contributed by atoms with Gasteiger partial charge >= 0.3 is 7.05 Å². The Morgan fingerprint density at radius 3 is 2.41 bits per heavy atom. The third kappa shape index (κ3) is 3.63. The maximum absolute atomic E-state index is 9.47. The second-order valence-corrected chi connectivity index (χ2v) is 5.03. The monoisotopic (exact) mass is 252 g/mol. The molecule has 1 fully saturated rings. The maximum atomic E-state index is 9.47. The highest BCUT2D eigenvalue weighted by molar-refractivity contribution is 6.45. The van der Waals surface area contributed by atoms with Crippen LogP contribution in [0.15, 0.2) is 24.3 Å². The van der Waals surface area contributed by atoms with E-state index in [-0.39, 0.29) is 7.05 Å². The van der Waals surface area contributed by atoms with Crippen LogP contribution in [-0.2, 0) is 0 Å². The van der Waals surface area contributed by atoms with Gasteiger partial charge in [-0.1, -0.05) is 11.6 Å². The van der Waals surface area contributed by atoms with Crippen molar-refractivity contribution in [1.82, 2.24) is 4.81 Å². The molecule has 1 aromatic rings. The van der Waals surface area contributed by atoms with Crippen LogP contribution < -0.4 is 5.32 Å². The highest BCUT2D eigenvalue weighted by Crippen LogP contribution is 2.18. The number of rotatable bonds is 3. The van der Waals surface area contributed by atoms with Crippen LogP contribution in [0.25, 0.3) is 0 Å². The minimum atomic E-state index is -0.327. The normalized spacial score (nSPS) is 18.1. The fraction of sp³-hybridized carbons (Fsp3) is 0.500. The molecule has 0 atom stereocenters. The molecular formula is C12H18BClN2O. The zero-order valence-corrected chi connectivity index (χ0v) is 10.8. The van der Waals surface area contributed by atoms with Gasteiger partial charge < -0.3 is 15.2 Å². The van der Waals surface area contributed by atoms with Crippen LogP contribution in [0.3, 0.4) is 0 Å². The molecule has 1 aliphatic rings. The molecule has 5 heteroatoms. The first-order chi connectivity index (χ1) is 8.15. The van der Waals surface area contributed by atoms with Crippen molar-refractivity contribution in [2.24, 2.45) is 0 Å². The first-order valence-electron chi connectivity index (χ1n) is 6.09. The van der Waals surface area contributed by atoms with E-state index in [9.17, 15) is 5.02 Å².